The summed E-state index contributed by atoms with van der Waals surface area (Å²) in [6.45, 7) is 3.06. The maximum atomic E-state index is 11.5. The van der Waals surface area contributed by atoms with Crippen molar-refractivity contribution in [2.45, 2.75) is 32.7 Å². The van der Waals surface area contributed by atoms with E-state index in [1.54, 1.807) is 11.3 Å². The fraction of sp³-hybridized carbons (Fsp3) is 0.538. The Bertz CT molecular complexity index is 451. The van der Waals surface area contributed by atoms with Gasteiger partial charge in [-0.3, -0.25) is 4.79 Å². The number of carbonyl (C=O) groups is 2. The van der Waals surface area contributed by atoms with Crippen molar-refractivity contribution in [2.24, 2.45) is 5.92 Å². The third kappa shape index (κ3) is 7.49. The number of nitrogens with one attached hydrogen (secondary N) is 2. The molecule has 0 aliphatic rings. The summed E-state index contributed by atoms with van der Waals surface area (Å²) in [4.78, 5) is 23.1. The summed E-state index contributed by atoms with van der Waals surface area (Å²) in [5.74, 6) is -0.482. The number of aliphatic carboxylic acids is 1. The number of carboxylic acids is 1. The molecule has 0 saturated carbocycles. The number of halogens is 1. The molecule has 0 aromatic carbocycles. The van der Waals surface area contributed by atoms with Crippen LogP contribution in [-0.2, 0) is 11.3 Å². The molecule has 1 aromatic heterocycles. The molecule has 0 saturated heterocycles. The van der Waals surface area contributed by atoms with Gasteiger partial charge in [-0.25, -0.2) is 4.79 Å². The van der Waals surface area contributed by atoms with Gasteiger partial charge < -0.3 is 15.7 Å². The molecule has 0 radical (unpaired) electrons. The van der Waals surface area contributed by atoms with Crippen molar-refractivity contribution in [3.8, 4) is 0 Å². The van der Waals surface area contributed by atoms with Gasteiger partial charge in [-0.15, -0.1) is 11.3 Å². The van der Waals surface area contributed by atoms with E-state index in [-0.39, 0.29) is 12.5 Å². The molecular weight excluding hydrogens is 344 g/mol. The fourth-order valence-corrected chi connectivity index (χ4v) is 3.05. The van der Waals surface area contributed by atoms with E-state index in [4.69, 9.17) is 5.11 Å². The highest BCUT2D eigenvalue weighted by molar-refractivity contribution is 9.11. The Balaban J connectivity index is 2.09. The number of rotatable bonds is 8. The summed E-state index contributed by atoms with van der Waals surface area (Å²) < 4.78 is 1.04. The van der Waals surface area contributed by atoms with Crippen molar-refractivity contribution in [3.63, 3.8) is 0 Å². The number of amides is 2. The van der Waals surface area contributed by atoms with Crippen LogP contribution >= 0.6 is 27.3 Å². The van der Waals surface area contributed by atoms with Gasteiger partial charge in [-0.2, -0.15) is 0 Å². The van der Waals surface area contributed by atoms with Gasteiger partial charge in [0, 0.05) is 17.8 Å². The van der Waals surface area contributed by atoms with Crippen molar-refractivity contribution in [1.82, 2.24) is 10.6 Å². The van der Waals surface area contributed by atoms with Crippen molar-refractivity contribution in [3.05, 3.63) is 20.8 Å². The summed E-state index contributed by atoms with van der Waals surface area (Å²) in [6.07, 6.45) is 1.60. The van der Waals surface area contributed by atoms with Gasteiger partial charge in [-0.05, 0) is 46.8 Å². The van der Waals surface area contributed by atoms with Crippen LogP contribution < -0.4 is 10.6 Å². The SMILES string of the molecule is CC(CCNC(=O)NCc1ccc(Br)s1)CCC(=O)O. The van der Waals surface area contributed by atoms with Crippen molar-refractivity contribution < 1.29 is 14.7 Å². The second-order valence-electron chi connectivity index (χ2n) is 4.64. The van der Waals surface area contributed by atoms with Gasteiger partial charge in [0.15, 0.2) is 0 Å². The summed E-state index contributed by atoms with van der Waals surface area (Å²) in [5, 5.41) is 14.1. The molecule has 0 aliphatic carbocycles. The standard InChI is InChI=1S/C13H19BrN2O3S/c1-9(2-5-12(17)18)6-7-15-13(19)16-8-10-3-4-11(14)20-10/h3-4,9H,2,5-8H2,1H3,(H,17,18)(H2,15,16,19). The summed E-state index contributed by atoms with van der Waals surface area (Å²) >= 11 is 4.96. The number of thiophene rings is 1. The molecule has 5 nitrogen and oxygen atoms in total. The average Bonchev–Trinajstić information content (AvgIpc) is 2.80. The zero-order valence-corrected chi connectivity index (χ0v) is 13.7. The van der Waals surface area contributed by atoms with Crippen LogP contribution in [0, 0.1) is 5.92 Å². The largest absolute Gasteiger partial charge is 0.481 e. The third-order valence-corrected chi connectivity index (χ3v) is 4.45. The molecule has 2 amide bonds. The number of carboxylic acid groups (broad SMARTS) is 1. The third-order valence-electron chi connectivity index (χ3n) is 2.83. The molecule has 7 heteroatoms. The Labute approximate surface area is 130 Å². The normalized spacial score (nSPS) is 11.9. The first kappa shape index (κ1) is 17.0. The van der Waals surface area contributed by atoms with E-state index < -0.39 is 5.97 Å². The summed E-state index contributed by atoms with van der Waals surface area (Å²) in [6, 6.07) is 3.71. The van der Waals surface area contributed by atoms with E-state index in [0.29, 0.717) is 25.4 Å². The lowest BCUT2D eigenvalue weighted by Gasteiger charge is -2.11. The Kier molecular flexibility index (Phi) is 7.61. The molecule has 1 aromatic rings. The van der Waals surface area contributed by atoms with E-state index in [2.05, 4.69) is 26.6 Å². The van der Waals surface area contributed by atoms with Crippen LogP contribution in [0.2, 0.25) is 0 Å². The van der Waals surface area contributed by atoms with E-state index in [0.717, 1.165) is 15.1 Å². The quantitative estimate of drug-likeness (QED) is 0.664. The van der Waals surface area contributed by atoms with E-state index in [1.807, 2.05) is 19.1 Å². The number of urea groups is 1. The number of carbonyl (C=O) groups excluding carboxylic acids is 1. The van der Waals surface area contributed by atoms with Gasteiger partial charge in [0.25, 0.3) is 0 Å². The van der Waals surface area contributed by atoms with Crippen LogP contribution in [0.1, 0.15) is 31.1 Å². The van der Waals surface area contributed by atoms with Crippen LogP contribution in [0.4, 0.5) is 4.79 Å². The first-order valence-electron chi connectivity index (χ1n) is 6.45. The molecule has 0 spiro atoms. The Morgan fingerprint density at radius 2 is 2.10 bits per heavy atom. The van der Waals surface area contributed by atoms with E-state index in [1.165, 1.54) is 0 Å². The van der Waals surface area contributed by atoms with Crippen LogP contribution in [-0.4, -0.2) is 23.7 Å². The smallest absolute Gasteiger partial charge is 0.315 e. The Morgan fingerprint density at radius 1 is 1.35 bits per heavy atom. The van der Waals surface area contributed by atoms with Gasteiger partial charge in [0.2, 0.25) is 0 Å². The molecular formula is C13H19BrN2O3S. The molecule has 1 atom stereocenters. The zero-order valence-electron chi connectivity index (χ0n) is 11.3. The maximum absolute atomic E-state index is 11.5. The summed E-state index contributed by atoms with van der Waals surface area (Å²) in [5.41, 5.74) is 0. The first-order chi connectivity index (χ1) is 9.47. The predicted octanol–water partition coefficient (Wildman–Crippen LogP) is 3.20. The topological polar surface area (TPSA) is 78.4 Å². The minimum absolute atomic E-state index is 0.181. The van der Waals surface area contributed by atoms with Crippen LogP contribution in [0.5, 0.6) is 0 Å². The van der Waals surface area contributed by atoms with Gasteiger partial charge in [0.1, 0.15) is 0 Å². The molecule has 0 fully saturated rings. The lowest BCUT2D eigenvalue weighted by atomic mass is 10.0. The molecule has 20 heavy (non-hydrogen) atoms. The minimum atomic E-state index is -0.773. The van der Waals surface area contributed by atoms with Crippen LogP contribution in [0.25, 0.3) is 0 Å². The van der Waals surface area contributed by atoms with Gasteiger partial charge in [0.05, 0.1) is 10.3 Å². The molecule has 0 aliphatic heterocycles. The summed E-state index contributed by atoms with van der Waals surface area (Å²) in [7, 11) is 0. The first-order valence-corrected chi connectivity index (χ1v) is 8.06. The minimum Gasteiger partial charge on any atom is -0.481 e. The van der Waals surface area contributed by atoms with E-state index in [9.17, 15) is 9.59 Å². The molecule has 1 rings (SSSR count). The maximum Gasteiger partial charge on any atom is 0.315 e. The van der Waals surface area contributed by atoms with Crippen LogP contribution in [0.3, 0.4) is 0 Å². The Hall–Kier alpha value is -1.08. The van der Waals surface area contributed by atoms with Gasteiger partial charge >= 0.3 is 12.0 Å². The van der Waals surface area contributed by atoms with Crippen molar-refractivity contribution in [2.75, 3.05) is 6.54 Å². The van der Waals surface area contributed by atoms with Gasteiger partial charge in [-0.1, -0.05) is 6.92 Å². The van der Waals surface area contributed by atoms with E-state index >= 15 is 0 Å². The molecule has 3 N–H and O–H groups in total. The highest BCUT2D eigenvalue weighted by Gasteiger charge is 2.07. The number of hydrogen-bond acceptors (Lipinski definition) is 3. The molecule has 1 unspecified atom stereocenters. The second-order valence-corrected chi connectivity index (χ2v) is 7.19. The molecule has 1 heterocycles. The highest BCUT2D eigenvalue weighted by Crippen LogP contribution is 2.21. The fourth-order valence-electron chi connectivity index (χ4n) is 1.62. The second kappa shape index (κ2) is 8.97. The molecule has 112 valence electrons. The molecule has 0 bridgehead atoms. The average molecular weight is 363 g/mol. The predicted molar refractivity (Wildman–Crippen MR) is 82.9 cm³/mol. The highest BCUT2D eigenvalue weighted by atomic mass is 79.9. The monoisotopic (exact) mass is 362 g/mol. The van der Waals surface area contributed by atoms with Crippen molar-refractivity contribution >= 4 is 39.3 Å². The lowest BCUT2D eigenvalue weighted by molar-refractivity contribution is -0.137. The Morgan fingerprint density at radius 3 is 2.70 bits per heavy atom. The number of hydrogen-bond donors (Lipinski definition) is 3. The van der Waals surface area contributed by atoms with Crippen LogP contribution in [0.15, 0.2) is 15.9 Å². The zero-order chi connectivity index (χ0) is 15.0. The van der Waals surface area contributed by atoms with Crippen molar-refractivity contribution in [1.29, 1.82) is 0 Å². The lowest BCUT2D eigenvalue weighted by Crippen LogP contribution is -2.35.